The summed E-state index contributed by atoms with van der Waals surface area (Å²) in [6.07, 6.45) is 3.41. The average molecular weight is 249 g/mol. The zero-order chi connectivity index (χ0) is 12.1. The minimum atomic E-state index is -0.205. The minimum absolute atomic E-state index is 0.0319. The molecule has 0 saturated heterocycles. The molecular weight excluding hydrogens is 238 g/mol. The zero-order valence-corrected chi connectivity index (χ0v) is 10.0. The molecule has 17 heavy (non-hydrogen) atoms. The van der Waals surface area contributed by atoms with Crippen molar-refractivity contribution in [2.24, 2.45) is 0 Å². The number of aromatic nitrogens is 2. The first-order chi connectivity index (χ1) is 8.29. The molecule has 5 nitrogen and oxygen atoms in total. The number of nitrogens with zero attached hydrogens (tertiary/aromatic N) is 2. The van der Waals surface area contributed by atoms with Gasteiger partial charge in [0.1, 0.15) is 6.61 Å². The third-order valence-electron chi connectivity index (χ3n) is 2.00. The summed E-state index contributed by atoms with van der Waals surface area (Å²) in [5, 5.41) is 5.12. The molecule has 0 aliphatic carbocycles. The smallest absolute Gasteiger partial charge is 0.252 e. The van der Waals surface area contributed by atoms with Crippen LogP contribution in [0.25, 0.3) is 11.3 Å². The molecule has 0 aliphatic rings. The van der Waals surface area contributed by atoms with Crippen molar-refractivity contribution in [2.45, 2.75) is 0 Å². The van der Waals surface area contributed by atoms with E-state index in [1.54, 1.807) is 12.4 Å². The molecule has 0 aliphatic heterocycles. The molecule has 0 spiro atoms. The number of anilines is 1. The van der Waals surface area contributed by atoms with Gasteiger partial charge in [0.05, 0.1) is 5.69 Å². The van der Waals surface area contributed by atoms with E-state index in [4.69, 9.17) is 4.74 Å². The third kappa shape index (κ3) is 3.08. The molecular formula is C11H11N3O2S. The van der Waals surface area contributed by atoms with Crippen LogP contribution in [0.5, 0.6) is 0 Å². The Morgan fingerprint density at radius 1 is 1.47 bits per heavy atom. The lowest BCUT2D eigenvalue weighted by Gasteiger charge is -1.99. The predicted octanol–water partition coefficient (Wildman–Crippen LogP) is 1.79. The Balaban J connectivity index is 2.09. The van der Waals surface area contributed by atoms with E-state index in [1.165, 1.54) is 18.4 Å². The third-order valence-corrected chi connectivity index (χ3v) is 2.76. The van der Waals surface area contributed by atoms with Crippen LogP contribution in [0.4, 0.5) is 5.13 Å². The maximum absolute atomic E-state index is 11.3. The highest BCUT2D eigenvalue weighted by atomic mass is 32.1. The van der Waals surface area contributed by atoms with Gasteiger partial charge in [0.2, 0.25) is 0 Å². The minimum Gasteiger partial charge on any atom is -0.375 e. The van der Waals surface area contributed by atoms with E-state index in [2.05, 4.69) is 15.3 Å². The van der Waals surface area contributed by atoms with Crippen LogP contribution in [0.3, 0.4) is 0 Å². The van der Waals surface area contributed by atoms with E-state index in [0.717, 1.165) is 11.3 Å². The second kappa shape index (κ2) is 5.51. The van der Waals surface area contributed by atoms with Crippen molar-refractivity contribution in [1.29, 1.82) is 0 Å². The summed E-state index contributed by atoms with van der Waals surface area (Å²) < 4.78 is 4.72. The Bertz CT molecular complexity index is 498. The van der Waals surface area contributed by atoms with Crippen LogP contribution in [-0.4, -0.2) is 29.6 Å². The lowest BCUT2D eigenvalue weighted by Crippen LogP contribution is -2.16. The predicted molar refractivity (Wildman–Crippen MR) is 65.9 cm³/mol. The van der Waals surface area contributed by atoms with E-state index in [0.29, 0.717) is 5.13 Å². The molecule has 0 aromatic carbocycles. The number of thiazole rings is 1. The monoisotopic (exact) mass is 249 g/mol. The Hall–Kier alpha value is -1.79. The molecule has 88 valence electrons. The van der Waals surface area contributed by atoms with Gasteiger partial charge in [-0.05, 0) is 12.1 Å². The van der Waals surface area contributed by atoms with Crippen molar-refractivity contribution in [2.75, 3.05) is 19.0 Å². The second-order valence-electron chi connectivity index (χ2n) is 3.25. The molecule has 1 amide bonds. The number of ether oxygens (including phenoxy) is 1. The number of nitrogens with one attached hydrogen (secondary N) is 1. The number of carbonyl (C=O) groups excluding carboxylic acids is 1. The van der Waals surface area contributed by atoms with Crippen molar-refractivity contribution in [3.8, 4) is 11.3 Å². The summed E-state index contributed by atoms with van der Waals surface area (Å²) in [6, 6.07) is 3.74. The van der Waals surface area contributed by atoms with Crippen LogP contribution < -0.4 is 5.32 Å². The van der Waals surface area contributed by atoms with Gasteiger partial charge in [0.15, 0.2) is 5.13 Å². The summed E-state index contributed by atoms with van der Waals surface area (Å²) in [5.41, 5.74) is 1.80. The van der Waals surface area contributed by atoms with Crippen molar-refractivity contribution < 1.29 is 9.53 Å². The van der Waals surface area contributed by atoms with Gasteiger partial charge >= 0.3 is 0 Å². The van der Waals surface area contributed by atoms with Crippen LogP contribution in [0.2, 0.25) is 0 Å². The fourth-order valence-electron chi connectivity index (χ4n) is 1.27. The van der Waals surface area contributed by atoms with E-state index in [-0.39, 0.29) is 12.5 Å². The van der Waals surface area contributed by atoms with Crippen LogP contribution in [0, 0.1) is 0 Å². The van der Waals surface area contributed by atoms with Crippen molar-refractivity contribution in [3.05, 3.63) is 29.9 Å². The van der Waals surface area contributed by atoms with E-state index in [9.17, 15) is 4.79 Å². The van der Waals surface area contributed by atoms with Crippen LogP contribution in [0.15, 0.2) is 29.9 Å². The molecule has 2 aromatic heterocycles. The number of hydrogen-bond donors (Lipinski definition) is 1. The first-order valence-electron chi connectivity index (χ1n) is 4.94. The highest BCUT2D eigenvalue weighted by molar-refractivity contribution is 7.14. The van der Waals surface area contributed by atoms with E-state index < -0.39 is 0 Å². The van der Waals surface area contributed by atoms with Crippen LogP contribution in [0.1, 0.15) is 0 Å². The van der Waals surface area contributed by atoms with Crippen molar-refractivity contribution in [1.82, 2.24) is 9.97 Å². The summed E-state index contributed by atoms with van der Waals surface area (Å²) in [5.74, 6) is -0.205. The number of rotatable bonds is 4. The molecule has 0 unspecified atom stereocenters. The lowest BCUT2D eigenvalue weighted by atomic mass is 10.2. The Morgan fingerprint density at radius 3 is 2.94 bits per heavy atom. The Kier molecular flexibility index (Phi) is 3.79. The molecule has 0 radical (unpaired) electrons. The van der Waals surface area contributed by atoms with Crippen LogP contribution >= 0.6 is 11.3 Å². The van der Waals surface area contributed by atoms with Gasteiger partial charge in [0, 0.05) is 30.4 Å². The molecule has 0 atom stereocenters. The van der Waals surface area contributed by atoms with E-state index in [1.807, 2.05) is 17.5 Å². The number of pyridine rings is 1. The summed E-state index contributed by atoms with van der Waals surface area (Å²) in [7, 11) is 1.48. The number of methoxy groups -OCH3 is 1. The SMILES string of the molecule is COCC(=O)Nc1nc(-c2ccncc2)cs1. The maximum atomic E-state index is 11.3. The molecule has 6 heteroatoms. The van der Waals surface area contributed by atoms with Crippen LogP contribution in [-0.2, 0) is 9.53 Å². The molecule has 0 fully saturated rings. The fourth-order valence-corrected chi connectivity index (χ4v) is 2.01. The zero-order valence-electron chi connectivity index (χ0n) is 9.21. The molecule has 0 bridgehead atoms. The van der Waals surface area contributed by atoms with Crippen molar-refractivity contribution >= 4 is 22.4 Å². The Morgan fingerprint density at radius 2 is 2.24 bits per heavy atom. The average Bonchev–Trinajstić information content (AvgIpc) is 2.79. The first kappa shape index (κ1) is 11.7. The molecule has 0 saturated carbocycles. The normalized spacial score (nSPS) is 10.2. The topological polar surface area (TPSA) is 64.1 Å². The number of amides is 1. The highest BCUT2D eigenvalue weighted by Crippen LogP contribution is 2.23. The largest absolute Gasteiger partial charge is 0.375 e. The van der Waals surface area contributed by atoms with E-state index >= 15 is 0 Å². The summed E-state index contributed by atoms with van der Waals surface area (Å²) in [4.78, 5) is 19.5. The highest BCUT2D eigenvalue weighted by Gasteiger charge is 2.07. The molecule has 2 heterocycles. The first-order valence-corrected chi connectivity index (χ1v) is 5.82. The standard InChI is InChI=1S/C11H11N3O2S/c1-16-6-10(15)14-11-13-9(7-17-11)8-2-4-12-5-3-8/h2-5,7H,6H2,1H3,(H,13,14,15). The molecule has 2 rings (SSSR count). The van der Waals surface area contributed by atoms with Gasteiger partial charge in [-0.25, -0.2) is 4.98 Å². The number of carbonyl (C=O) groups is 1. The number of hydrogen-bond acceptors (Lipinski definition) is 5. The maximum Gasteiger partial charge on any atom is 0.252 e. The summed E-state index contributed by atoms with van der Waals surface area (Å²) in [6.45, 7) is 0.0319. The van der Waals surface area contributed by atoms with Crippen molar-refractivity contribution in [3.63, 3.8) is 0 Å². The van der Waals surface area contributed by atoms with Gasteiger partial charge in [-0.3, -0.25) is 15.1 Å². The molecule has 2 aromatic rings. The van der Waals surface area contributed by atoms with Gasteiger partial charge in [-0.1, -0.05) is 0 Å². The quantitative estimate of drug-likeness (QED) is 0.897. The van der Waals surface area contributed by atoms with Gasteiger partial charge in [0.25, 0.3) is 5.91 Å². The Labute approximate surface area is 102 Å². The van der Waals surface area contributed by atoms with Gasteiger partial charge < -0.3 is 4.74 Å². The fraction of sp³-hybridized carbons (Fsp3) is 0.182. The summed E-state index contributed by atoms with van der Waals surface area (Å²) >= 11 is 1.38. The lowest BCUT2D eigenvalue weighted by molar-refractivity contribution is -0.119. The van der Waals surface area contributed by atoms with Gasteiger partial charge in [-0.15, -0.1) is 11.3 Å². The second-order valence-corrected chi connectivity index (χ2v) is 4.11. The molecule has 1 N–H and O–H groups in total. The van der Waals surface area contributed by atoms with Gasteiger partial charge in [-0.2, -0.15) is 0 Å².